The molecule has 1 heterocycles. The lowest BCUT2D eigenvalue weighted by molar-refractivity contribution is -0.141. The molecular formula is C13H14N2O4S. The van der Waals surface area contributed by atoms with Crippen LogP contribution in [0.1, 0.15) is 24.8 Å². The highest BCUT2D eigenvalue weighted by Gasteiger charge is 2.33. The maximum atomic E-state index is 11.9. The molecule has 0 radical (unpaired) electrons. The number of amidine groups is 1. The van der Waals surface area contributed by atoms with Crippen LogP contribution in [0.3, 0.4) is 0 Å². The second kappa shape index (κ2) is 4.59. The van der Waals surface area contributed by atoms with Gasteiger partial charge in [0.2, 0.25) is 0 Å². The Balaban J connectivity index is 1.90. The molecule has 0 bridgehead atoms. The number of aliphatic carboxylic acids is 1. The quantitative estimate of drug-likeness (QED) is 0.849. The van der Waals surface area contributed by atoms with Gasteiger partial charge in [0.15, 0.2) is 0 Å². The number of sulfonamides is 1. The first kappa shape index (κ1) is 13.1. The molecule has 1 fully saturated rings. The van der Waals surface area contributed by atoms with E-state index in [0.717, 1.165) is 0 Å². The van der Waals surface area contributed by atoms with Crippen LogP contribution in [0, 0.1) is 5.92 Å². The van der Waals surface area contributed by atoms with Gasteiger partial charge in [0.25, 0.3) is 10.0 Å². The summed E-state index contributed by atoms with van der Waals surface area (Å²) in [6.45, 7) is 0. The van der Waals surface area contributed by atoms with E-state index in [1.165, 1.54) is 6.07 Å². The van der Waals surface area contributed by atoms with Gasteiger partial charge in [-0.05, 0) is 31.4 Å². The molecule has 6 nitrogen and oxygen atoms in total. The molecule has 7 heteroatoms. The number of hydrogen-bond donors (Lipinski definition) is 2. The van der Waals surface area contributed by atoms with E-state index in [0.29, 0.717) is 30.7 Å². The molecule has 2 unspecified atom stereocenters. The maximum Gasteiger partial charge on any atom is 0.306 e. The van der Waals surface area contributed by atoms with E-state index in [1.807, 2.05) is 0 Å². The number of carboxylic acids is 1. The standard InChI is InChI=1S/C13H14N2O4S/c16-13(17)8-5-6-9(7-8)14-12-10-3-1-2-4-11(10)20(18,19)15-12/h1-4,8-9H,5-7H2,(H,14,15)(H,16,17). The highest BCUT2D eigenvalue weighted by molar-refractivity contribution is 7.90. The van der Waals surface area contributed by atoms with E-state index in [1.54, 1.807) is 18.2 Å². The molecule has 1 aliphatic carbocycles. The first-order valence-corrected chi connectivity index (χ1v) is 7.88. The van der Waals surface area contributed by atoms with Crippen molar-refractivity contribution in [2.75, 3.05) is 0 Å². The van der Waals surface area contributed by atoms with Crippen LogP contribution in [-0.2, 0) is 14.8 Å². The Kier molecular flexibility index (Phi) is 3.01. The lowest BCUT2D eigenvalue weighted by Gasteiger charge is -2.06. The molecule has 2 atom stereocenters. The van der Waals surface area contributed by atoms with Crippen LogP contribution in [0.4, 0.5) is 0 Å². The molecule has 1 aromatic rings. The molecule has 1 aromatic carbocycles. The van der Waals surface area contributed by atoms with Crippen molar-refractivity contribution in [1.82, 2.24) is 4.72 Å². The zero-order valence-corrected chi connectivity index (χ0v) is 11.4. The normalized spacial score (nSPS) is 29.1. The fraction of sp³-hybridized carbons (Fsp3) is 0.385. The summed E-state index contributed by atoms with van der Waals surface area (Å²) in [7, 11) is -3.52. The van der Waals surface area contributed by atoms with E-state index < -0.39 is 16.0 Å². The molecular weight excluding hydrogens is 280 g/mol. The predicted molar refractivity (Wildman–Crippen MR) is 72.1 cm³/mol. The minimum atomic E-state index is -3.52. The third-order valence-electron chi connectivity index (χ3n) is 3.73. The number of fused-ring (bicyclic) bond motifs is 1. The Hall–Kier alpha value is -1.89. The van der Waals surface area contributed by atoms with Crippen molar-refractivity contribution >= 4 is 21.8 Å². The average molecular weight is 294 g/mol. The molecule has 0 aromatic heterocycles. The highest BCUT2D eigenvalue weighted by Crippen LogP contribution is 2.30. The topological polar surface area (TPSA) is 95.8 Å². The van der Waals surface area contributed by atoms with Gasteiger partial charge in [-0.15, -0.1) is 0 Å². The maximum absolute atomic E-state index is 11.9. The summed E-state index contributed by atoms with van der Waals surface area (Å²) >= 11 is 0. The number of rotatable bonds is 2. The van der Waals surface area contributed by atoms with E-state index >= 15 is 0 Å². The van der Waals surface area contributed by atoms with Gasteiger partial charge in [-0.25, -0.2) is 8.42 Å². The minimum absolute atomic E-state index is 0.139. The fourth-order valence-electron chi connectivity index (χ4n) is 2.71. The molecule has 0 saturated heterocycles. The second-order valence-corrected chi connectivity index (χ2v) is 6.73. The van der Waals surface area contributed by atoms with Crippen molar-refractivity contribution in [3.05, 3.63) is 29.8 Å². The summed E-state index contributed by atoms with van der Waals surface area (Å²) in [5.74, 6) is -0.852. The number of nitrogens with one attached hydrogen (secondary N) is 1. The summed E-state index contributed by atoms with van der Waals surface area (Å²) in [5, 5.41) is 8.97. The van der Waals surface area contributed by atoms with E-state index in [4.69, 9.17) is 5.11 Å². The Labute approximate surface area is 116 Å². The first-order valence-electron chi connectivity index (χ1n) is 6.40. The minimum Gasteiger partial charge on any atom is -0.481 e. The van der Waals surface area contributed by atoms with E-state index in [-0.39, 0.29) is 16.9 Å². The largest absolute Gasteiger partial charge is 0.481 e. The Morgan fingerprint density at radius 3 is 2.75 bits per heavy atom. The first-order chi connectivity index (χ1) is 9.47. The molecule has 0 amide bonds. The van der Waals surface area contributed by atoms with Gasteiger partial charge in [-0.3, -0.25) is 14.5 Å². The monoisotopic (exact) mass is 294 g/mol. The Morgan fingerprint density at radius 2 is 2.05 bits per heavy atom. The number of hydrogen-bond acceptors (Lipinski definition) is 4. The molecule has 2 N–H and O–H groups in total. The fourth-order valence-corrected chi connectivity index (χ4v) is 3.95. The van der Waals surface area contributed by atoms with Gasteiger partial charge in [0, 0.05) is 5.56 Å². The van der Waals surface area contributed by atoms with Gasteiger partial charge < -0.3 is 5.11 Å². The third kappa shape index (κ3) is 2.18. The summed E-state index contributed by atoms with van der Waals surface area (Å²) in [6.07, 6.45) is 1.72. The van der Waals surface area contributed by atoms with E-state index in [9.17, 15) is 13.2 Å². The lowest BCUT2D eigenvalue weighted by atomic mass is 10.1. The van der Waals surface area contributed by atoms with Crippen molar-refractivity contribution in [2.45, 2.75) is 30.2 Å². The Bertz CT molecular complexity index is 696. The number of aliphatic imine (C=N–C) groups is 1. The number of carbonyl (C=O) groups is 1. The second-order valence-electron chi connectivity index (χ2n) is 5.08. The van der Waals surface area contributed by atoms with Crippen LogP contribution in [0.5, 0.6) is 0 Å². The highest BCUT2D eigenvalue weighted by atomic mass is 32.2. The van der Waals surface area contributed by atoms with Gasteiger partial charge in [0.05, 0.1) is 16.9 Å². The molecule has 3 rings (SSSR count). The van der Waals surface area contributed by atoms with Crippen molar-refractivity contribution in [2.24, 2.45) is 10.9 Å². The number of carboxylic acid groups (broad SMARTS) is 1. The predicted octanol–water partition coefficient (Wildman–Crippen LogP) is 0.978. The van der Waals surface area contributed by atoms with Crippen LogP contribution in [0.25, 0.3) is 0 Å². The third-order valence-corrected chi connectivity index (χ3v) is 5.13. The van der Waals surface area contributed by atoms with Crippen LogP contribution >= 0.6 is 0 Å². The molecule has 106 valence electrons. The van der Waals surface area contributed by atoms with Crippen LogP contribution in [-0.4, -0.2) is 31.4 Å². The van der Waals surface area contributed by atoms with Gasteiger partial charge in [-0.2, -0.15) is 0 Å². The summed E-state index contributed by atoms with van der Waals surface area (Å²) in [5.41, 5.74) is 0.561. The van der Waals surface area contributed by atoms with Gasteiger partial charge in [0.1, 0.15) is 5.84 Å². The summed E-state index contributed by atoms with van der Waals surface area (Å²) in [4.78, 5) is 15.6. The molecule has 20 heavy (non-hydrogen) atoms. The molecule has 1 aliphatic heterocycles. The average Bonchev–Trinajstić information content (AvgIpc) is 2.95. The van der Waals surface area contributed by atoms with Gasteiger partial charge in [-0.1, -0.05) is 12.1 Å². The molecule has 1 saturated carbocycles. The number of nitrogens with zero attached hydrogens (tertiary/aromatic N) is 1. The lowest BCUT2D eigenvalue weighted by Crippen LogP contribution is -2.23. The van der Waals surface area contributed by atoms with Crippen LogP contribution < -0.4 is 4.72 Å². The Morgan fingerprint density at radius 1 is 1.30 bits per heavy atom. The summed E-state index contributed by atoms with van der Waals surface area (Å²) in [6, 6.07) is 6.52. The molecule has 0 spiro atoms. The molecule has 2 aliphatic rings. The van der Waals surface area contributed by atoms with Crippen molar-refractivity contribution in [3.63, 3.8) is 0 Å². The van der Waals surface area contributed by atoms with Crippen molar-refractivity contribution in [3.8, 4) is 0 Å². The summed E-state index contributed by atoms with van der Waals surface area (Å²) < 4.78 is 26.3. The smallest absolute Gasteiger partial charge is 0.306 e. The zero-order chi connectivity index (χ0) is 14.3. The number of benzene rings is 1. The van der Waals surface area contributed by atoms with Crippen molar-refractivity contribution in [1.29, 1.82) is 0 Å². The van der Waals surface area contributed by atoms with Gasteiger partial charge >= 0.3 is 5.97 Å². The van der Waals surface area contributed by atoms with Crippen molar-refractivity contribution < 1.29 is 18.3 Å². The SMILES string of the molecule is O=C(O)C1CCC(N=C2NS(=O)(=O)c3ccccc32)C1. The zero-order valence-electron chi connectivity index (χ0n) is 10.6. The van der Waals surface area contributed by atoms with E-state index in [2.05, 4.69) is 9.71 Å². The van der Waals surface area contributed by atoms with Crippen LogP contribution in [0.2, 0.25) is 0 Å². The van der Waals surface area contributed by atoms with Crippen LogP contribution in [0.15, 0.2) is 34.2 Å².